The van der Waals surface area contributed by atoms with E-state index in [0.717, 1.165) is 25.3 Å². The SMILES string of the molecule is CCC(Nc1cnccc1C)C1CCOC1. The Morgan fingerprint density at radius 1 is 1.62 bits per heavy atom. The molecule has 1 aromatic heterocycles. The van der Waals surface area contributed by atoms with E-state index < -0.39 is 0 Å². The van der Waals surface area contributed by atoms with Gasteiger partial charge in [-0.3, -0.25) is 4.98 Å². The molecule has 2 heterocycles. The zero-order chi connectivity index (χ0) is 11.4. The highest BCUT2D eigenvalue weighted by Crippen LogP contribution is 2.23. The van der Waals surface area contributed by atoms with Crippen LogP contribution in [0.15, 0.2) is 18.5 Å². The molecule has 0 aromatic carbocycles. The Kier molecular flexibility index (Phi) is 3.78. The van der Waals surface area contributed by atoms with Crippen molar-refractivity contribution >= 4 is 5.69 Å². The largest absolute Gasteiger partial charge is 0.381 e. The Morgan fingerprint density at radius 2 is 2.50 bits per heavy atom. The summed E-state index contributed by atoms with van der Waals surface area (Å²) >= 11 is 0. The van der Waals surface area contributed by atoms with Gasteiger partial charge >= 0.3 is 0 Å². The van der Waals surface area contributed by atoms with Gasteiger partial charge in [0.2, 0.25) is 0 Å². The predicted molar refractivity (Wildman–Crippen MR) is 65.6 cm³/mol. The number of hydrogen-bond acceptors (Lipinski definition) is 3. The van der Waals surface area contributed by atoms with Crippen LogP contribution >= 0.6 is 0 Å². The number of nitrogens with zero attached hydrogens (tertiary/aromatic N) is 1. The summed E-state index contributed by atoms with van der Waals surface area (Å²) in [4.78, 5) is 4.17. The summed E-state index contributed by atoms with van der Waals surface area (Å²) in [7, 11) is 0. The molecular weight excluding hydrogens is 200 g/mol. The lowest BCUT2D eigenvalue weighted by Crippen LogP contribution is -2.29. The molecule has 1 aromatic rings. The summed E-state index contributed by atoms with van der Waals surface area (Å²) in [6.45, 7) is 6.14. The maximum Gasteiger partial charge on any atom is 0.0558 e. The normalized spacial score (nSPS) is 22.0. The van der Waals surface area contributed by atoms with Gasteiger partial charge in [0.1, 0.15) is 0 Å². The second-order valence-corrected chi connectivity index (χ2v) is 4.47. The Balaban J connectivity index is 2.03. The summed E-state index contributed by atoms with van der Waals surface area (Å²) in [5.41, 5.74) is 2.41. The molecule has 2 rings (SSSR count). The number of aromatic nitrogens is 1. The van der Waals surface area contributed by atoms with E-state index in [9.17, 15) is 0 Å². The average Bonchev–Trinajstić information content (AvgIpc) is 2.81. The van der Waals surface area contributed by atoms with E-state index in [0.29, 0.717) is 12.0 Å². The molecular formula is C13H20N2O. The first-order chi connectivity index (χ1) is 7.81. The van der Waals surface area contributed by atoms with Crippen LogP contribution in [0.25, 0.3) is 0 Å². The van der Waals surface area contributed by atoms with E-state index in [1.165, 1.54) is 12.0 Å². The molecule has 3 nitrogen and oxygen atoms in total. The topological polar surface area (TPSA) is 34.2 Å². The third kappa shape index (κ3) is 2.53. The molecule has 0 aliphatic carbocycles. The van der Waals surface area contributed by atoms with Gasteiger partial charge in [-0.25, -0.2) is 0 Å². The Bertz CT molecular complexity index is 334. The van der Waals surface area contributed by atoms with Crippen molar-refractivity contribution in [1.82, 2.24) is 4.98 Å². The van der Waals surface area contributed by atoms with Gasteiger partial charge < -0.3 is 10.1 Å². The molecule has 0 saturated carbocycles. The van der Waals surface area contributed by atoms with Crippen molar-refractivity contribution in [2.45, 2.75) is 32.7 Å². The lowest BCUT2D eigenvalue weighted by molar-refractivity contribution is 0.182. The molecule has 0 radical (unpaired) electrons. The van der Waals surface area contributed by atoms with E-state index in [1.807, 2.05) is 18.5 Å². The fourth-order valence-corrected chi connectivity index (χ4v) is 2.24. The van der Waals surface area contributed by atoms with Gasteiger partial charge in [-0.05, 0) is 31.4 Å². The minimum absolute atomic E-state index is 0.505. The van der Waals surface area contributed by atoms with Crippen molar-refractivity contribution < 1.29 is 4.74 Å². The minimum Gasteiger partial charge on any atom is -0.381 e. The predicted octanol–water partition coefficient (Wildman–Crippen LogP) is 2.62. The average molecular weight is 220 g/mol. The number of nitrogens with one attached hydrogen (secondary N) is 1. The first-order valence-corrected chi connectivity index (χ1v) is 6.06. The second kappa shape index (κ2) is 5.30. The quantitative estimate of drug-likeness (QED) is 0.847. The van der Waals surface area contributed by atoms with Crippen LogP contribution in [-0.2, 0) is 4.74 Å². The van der Waals surface area contributed by atoms with E-state index in [4.69, 9.17) is 4.74 Å². The first-order valence-electron chi connectivity index (χ1n) is 6.06. The van der Waals surface area contributed by atoms with Gasteiger partial charge in [0.05, 0.1) is 18.5 Å². The molecule has 1 saturated heterocycles. The summed E-state index contributed by atoms with van der Waals surface area (Å²) in [6.07, 6.45) is 6.04. The number of ether oxygens (including phenoxy) is 1. The molecule has 0 spiro atoms. The fourth-order valence-electron chi connectivity index (χ4n) is 2.24. The highest BCUT2D eigenvalue weighted by molar-refractivity contribution is 5.48. The monoisotopic (exact) mass is 220 g/mol. The molecule has 1 N–H and O–H groups in total. The molecule has 2 atom stereocenters. The maximum absolute atomic E-state index is 5.45. The van der Waals surface area contributed by atoms with Gasteiger partial charge in [-0.15, -0.1) is 0 Å². The van der Waals surface area contributed by atoms with E-state index in [1.54, 1.807) is 0 Å². The first kappa shape index (κ1) is 11.4. The van der Waals surface area contributed by atoms with Crippen molar-refractivity contribution in [3.8, 4) is 0 Å². The van der Waals surface area contributed by atoms with Crippen molar-refractivity contribution in [3.63, 3.8) is 0 Å². The number of aryl methyl sites for hydroxylation is 1. The maximum atomic E-state index is 5.45. The number of hydrogen-bond donors (Lipinski definition) is 1. The molecule has 3 heteroatoms. The van der Waals surface area contributed by atoms with Crippen molar-refractivity contribution in [2.75, 3.05) is 18.5 Å². The molecule has 1 fully saturated rings. The molecule has 16 heavy (non-hydrogen) atoms. The van der Waals surface area contributed by atoms with Crippen LogP contribution < -0.4 is 5.32 Å². The van der Waals surface area contributed by atoms with Crippen LogP contribution in [0.1, 0.15) is 25.3 Å². The molecule has 88 valence electrons. The highest BCUT2D eigenvalue weighted by atomic mass is 16.5. The molecule has 0 bridgehead atoms. The van der Waals surface area contributed by atoms with Gasteiger partial charge in [0.25, 0.3) is 0 Å². The Labute approximate surface area is 97.2 Å². The van der Waals surface area contributed by atoms with Crippen LogP contribution in [0.3, 0.4) is 0 Å². The van der Waals surface area contributed by atoms with Crippen LogP contribution in [0.5, 0.6) is 0 Å². The van der Waals surface area contributed by atoms with Gasteiger partial charge in [-0.2, -0.15) is 0 Å². The van der Waals surface area contributed by atoms with Crippen molar-refractivity contribution in [2.24, 2.45) is 5.92 Å². The summed E-state index contributed by atoms with van der Waals surface area (Å²) in [6, 6.07) is 2.55. The second-order valence-electron chi connectivity index (χ2n) is 4.47. The van der Waals surface area contributed by atoms with Crippen LogP contribution in [-0.4, -0.2) is 24.2 Å². The number of rotatable bonds is 4. The van der Waals surface area contributed by atoms with E-state index >= 15 is 0 Å². The van der Waals surface area contributed by atoms with E-state index in [2.05, 4.69) is 24.1 Å². The zero-order valence-electron chi connectivity index (χ0n) is 10.1. The Hall–Kier alpha value is -1.09. The molecule has 2 unspecified atom stereocenters. The third-order valence-electron chi connectivity index (χ3n) is 3.35. The molecule has 1 aliphatic heterocycles. The summed E-state index contributed by atoms with van der Waals surface area (Å²) < 4.78 is 5.45. The van der Waals surface area contributed by atoms with Crippen LogP contribution in [0.4, 0.5) is 5.69 Å². The summed E-state index contributed by atoms with van der Waals surface area (Å²) in [5, 5.41) is 3.60. The van der Waals surface area contributed by atoms with Crippen LogP contribution in [0.2, 0.25) is 0 Å². The Morgan fingerprint density at radius 3 is 3.12 bits per heavy atom. The summed E-state index contributed by atoms with van der Waals surface area (Å²) in [5.74, 6) is 0.643. The standard InChI is InChI=1S/C13H20N2O/c1-3-12(11-5-7-16-9-11)15-13-8-14-6-4-10(13)2/h4,6,8,11-12,15H,3,5,7,9H2,1-2H3. The van der Waals surface area contributed by atoms with Crippen LogP contribution in [0, 0.1) is 12.8 Å². The highest BCUT2D eigenvalue weighted by Gasteiger charge is 2.24. The number of anilines is 1. The lowest BCUT2D eigenvalue weighted by atomic mass is 9.96. The van der Waals surface area contributed by atoms with Gasteiger partial charge in [0.15, 0.2) is 0 Å². The van der Waals surface area contributed by atoms with Crippen molar-refractivity contribution in [1.29, 1.82) is 0 Å². The number of pyridine rings is 1. The zero-order valence-corrected chi connectivity index (χ0v) is 10.1. The van der Waals surface area contributed by atoms with E-state index in [-0.39, 0.29) is 0 Å². The van der Waals surface area contributed by atoms with Gasteiger partial charge in [-0.1, -0.05) is 6.92 Å². The molecule has 1 aliphatic rings. The lowest BCUT2D eigenvalue weighted by Gasteiger charge is -2.24. The fraction of sp³-hybridized carbons (Fsp3) is 0.615. The van der Waals surface area contributed by atoms with Gasteiger partial charge in [0, 0.05) is 24.8 Å². The minimum atomic E-state index is 0.505. The molecule has 0 amide bonds. The smallest absolute Gasteiger partial charge is 0.0558 e. The van der Waals surface area contributed by atoms with Crippen molar-refractivity contribution in [3.05, 3.63) is 24.0 Å². The third-order valence-corrected chi connectivity index (χ3v) is 3.35.